The molecule has 1 aromatic heterocycles. The number of amides is 1. The molecule has 0 saturated carbocycles. The lowest BCUT2D eigenvalue weighted by Crippen LogP contribution is -2.46. The lowest BCUT2D eigenvalue weighted by atomic mass is 9.97. The van der Waals surface area contributed by atoms with Crippen LogP contribution in [0.15, 0.2) is 66.6 Å². The lowest BCUT2D eigenvalue weighted by molar-refractivity contribution is -0.138. The first-order valence-corrected chi connectivity index (χ1v) is 12.7. The fourth-order valence-corrected chi connectivity index (χ4v) is 4.76. The minimum atomic E-state index is -0.779. The molecule has 2 aliphatic heterocycles. The van der Waals surface area contributed by atoms with E-state index in [-0.39, 0.29) is 29.0 Å². The molecule has 2 aliphatic rings. The van der Waals surface area contributed by atoms with Gasteiger partial charge < -0.3 is 23.8 Å². The number of morpholine rings is 1. The number of carbonyl (C=O) groups is 2. The predicted octanol–water partition coefficient (Wildman–Crippen LogP) is 4.98. The summed E-state index contributed by atoms with van der Waals surface area (Å²) < 4.78 is 43.2. The first kappa shape index (κ1) is 28.0. The van der Waals surface area contributed by atoms with Crippen LogP contribution in [0.25, 0.3) is 11.3 Å². The van der Waals surface area contributed by atoms with Crippen LogP contribution in [-0.2, 0) is 14.3 Å². The molecule has 0 spiro atoms. The highest BCUT2D eigenvalue weighted by molar-refractivity contribution is 5.87. The smallest absolute Gasteiger partial charge is 0.358 e. The zero-order chi connectivity index (χ0) is 28.3. The van der Waals surface area contributed by atoms with Crippen molar-refractivity contribution in [3.05, 3.63) is 89.4 Å². The van der Waals surface area contributed by atoms with Gasteiger partial charge in [0.05, 0.1) is 31.1 Å². The van der Waals surface area contributed by atoms with Gasteiger partial charge in [-0.15, -0.1) is 0 Å². The summed E-state index contributed by atoms with van der Waals surface area (Å²) in [5.74, 6) is -2.18. The SMILES string of the molecule is C=C1C=C(C)C=CN1/C(CC1CN(C(=O)CC)CCO1)=C(\C)c1c(F)cc(-n2cnc(C(=O)OC)c2)cc1F. The minimum absolute atomic E-state index is 0.0163. The van der Waals surface area contributed by atoms with Gasteiger partial charge in [-0.1, -0.05) is 13.5 Å². The predicted molar refractivity (Wildman–Crippen MR) is 143 cm³/mol. The van der Waals surface area contributed by atoms with Gasteiger partial charge >= 0.3 is 5.97 Å². The molecule has 1 saturated heterocycles. The number of benzene rings is 1. The number of imidazole rings is 1. The van der Waals surface area contributed by atoms with Gasteiger partial charge in [0.1, 0.15) is 18.0 Å². The molecule has 0 radical (unpaired) electrons. The molecule has 8 nitrogen and oxygen atoms in total. The number of aromatic nitrogens is 2. The van der Waals surface area contributed by atoms with Gasteiger partial charge in [0.25, 0.3) is 0 Å². The van der Waals surface area contributed by atoms with Crippen LogP contribution in [0.4, 0.5) is 8.78 Å². The molecule has 1 unspecified atom stereocenters. The Kier molecular flexibility index (Phi) is 8.44. The average Bonchev–Trinajstić information content (AvgIpc) is 3.41. The zero-order valence-electron chi connectivity index (χ0n) is 22.5. The van der Waals surface area contributed by atoms with E-state index in [0.29, 0.717) is 49.5 Å². The normalized spacial score (nSPS) is 18.2. The summed E-state index contributed by atoms with van der Waals surface area (Å²) in [6.07, 6.45) is 8.56. The van der Waals surface area contributed by atoms with Crippen LogP contribution >= 0.6 is 0 Å². The molecule has 4 rings (SSSR count). The van der Waals surface area contributed by atoms with E-state index < -0.39 is 17.6 Å². The monoisotopic (exact) mass is 538 g/mol. The van der Waals surface area contributed by atoms with Crippen LogP contribution in [-0.4, -0.2) is 64.1 Å². The van der Waals surface area contributed by atoms with Crippen molar-refractivity contribution in [2.75, 3.05) is 26.8 Å². The lowest BCUT2D eigenvalue weighted by Gasteiger charge is -2.36. The molecule has 3 heterocycles. The number of allylic oxidation sites excluding steroid dienone is 4. The van der Waals surface area contributed by atoms with Gasteiger partial charge in [-0.05, 0) is 49.3 Å². The van der Waals surface area contributed by atoms with Crippen LogP contribution in [0.5, 0.6) is 0 Å². The van der Waals surface area contributed by atoms with E-state index in [2.05, 4.69) is 16.3 Å². The van der Waals surface area contributed by atoms with Crippen molar-refractivity contribution in [2.24, 2.45) is 0 Å². The van der Waals surface area contributed by atoms with Crippen molar-refractivity contribution >= 4 is 17.4 Å². The highest BCUT2D eigenvalue weighted by Crippen LogP contribution is 2.34. The van der Waals surface area contributed by atoms with Gasteiger partial charge in [0.2, 0.25) is 5.91 Å². The van der Waals surface area contributed by atoms with Crippen LogP contribution in [0.3, 0.4) is 0 Å². The van der Waals surface area contributed by atoms with Gasteiger partial charge in [-0.3, -0.25) is 4.79 Å². The number of rotatable bonds is 7. The molecule has 39 heavy (non-hydrogen) atoms. The number of hydrogen-bond acceptors (Lipinski definition) is 6. The average molecular weight is 539 g/mol. The first-order chi connectivity index (χ1) is 18.6. The second-order valence-corrected chi connectivity index (χ2v) is 9.47. The Hall–Kier alpha value is -4.05. The third-order valence-electron chi connectivity index (χ3n) is 6.81. The van der Waals surface area contributed by atoms with Crippen molar-refractivity contribution in [2.45, 2.75) is 39.7 Å². The number of ether oxygens (including phenoxy) is 2. The molecule has 1 aromatic carbocycles. The molecular weight excluding hydrogens is 506 g/mol. The van der Waals surface area contributed by atoms with E-state index in [4.69, 9.17) is 4.74 Å². The molecule has 0 bridgehead atoms. The second-order valence-electron chi connectivity index (χ2n) is 9.47. The van der Waals surface area contributed by atoms with Crippen LogP contribution in [0, 0.1) is 11.6 Å². The van der Waals surface area contributed by atoms with Gasteiger partial charge in [-0.2, -0.15) is 0 Å². The van der Waals surface area contributed by atoms with E-state index in [0.717, 1.165) is 5.57 Å². The summed E-state index contributed by atoms with van der Waals surface area (Å²) in [6, 6.07) is 2.37. The van der Waals surface area contributed by atoms with E-state index in [9.17, 15) is 9.59 Å². The van der Waals surface area contributed by atoms with E-state index in [1.165, 1.54) is 36.3 Å². The van der Waals surface area contributed by atoms with Crippen molar-refractivity contribution in [1.29, 1.82) is 0 Å². The number of methoxy groups -OCH3 is 1. The van der Waals surface area contributed by atoms with Crippen molar-refractivity contribution in [3.8, 4) is 5.69 Å². The molecule has 206 valence electrons. The molecule has 1 atom stereocenters. The van der Waals surface area contributed by atoms with E-state index >= 15 is 8.78 Å². The molecule has 10 heteroatoms. The summed E-state index contributed by atoms with van der Waals surface area (Å²) >= 11 is 0. The highest BCUT2D eigenvalue weighted by Gasteiger charge is 2.28. The Bertz CT molecular complexity index is 1370. The van der Waals surface area contributed by atoms with Gasteiger partial charge in [0.15, 0.2) is 5.69 Å². The Morgan fingerprint density at radius 3 is 2.62 bits per heavy atom. The number of carbonyl (C=O) groups excluding carboxylic acids is 2. The van der Waals surface area contributed by atoms with Gasteiger partial charge in [-0.25, -0.2) is 18.6 Å². The minimum Gasteiger partial charge on any atom is -0.464 e. The van der Waals surface area contributed by atoms with E-state index in [1.54, 1.807) is 16.7 Å². The van der Waals surface area contributed by atoms with Gasteiger partial charge in [0, 0.05) is 49.7 Å². The van der Waals surface area contributed by atoms with Crippen molar-refractivity contribution < 1.29 is 27.8 Å². The van der Waals surface area contributed by atoms with E-state index in [1.807, 2.05) is 32.2 Å². The maximum Gasteiger partial charge on any atom is 0.358 e. The highest BCUT2D eigenvalue weighted by atomic mass is 19.1. The number of hydrogen-bond donors (Lipinski definition) is 0. The fourth-order valence-electron chi connectivity index (χ4n) is 4.76. The Morgan fingerprint density at radius 1 is 1.26 bits per heavy atom. The van der Waals surface area contributed by atoms with Crippen molar-refractivity contribution in [1.82, 2.24) is 19.4 Å². The van der Waals surface area contributed by atoms with Crippen LogP contribution in [0.2, 0.25) is 0 Å². The molecule has 0 N–H and O–H groups in total. The number of nitrogens with zero attached hydrogens (tertiary/aromatic N) is 4. The third-order valence-corrected chi connectivity index (χ3v) is 6.81. The molecule has 0 aliphatic carbocycles. The summed E-state index contributed by atoms with van der Waals surface area (Å²) in [7, 11) is 1.23. The Labute approximate surface area is 226 Å². The van der Waals surface area contributed by atoms with Crippen molar-refractivity contribution in [3.63, 3.8) is 0 Å². The summed E-state index contributed by atoms with van der Waals surface area (Å²) in [4.78, 5) is 31.6. The quantitative estimate of drug-likeness (QED) is 0.463. The summed E-state index contributed by atoms with van der Waals surface area (Å²) in [5, 5.41) is 0. The molecule has 2 aromatic rings. The fraction of sp³-hybridized carbons (Fsp3) is 0.345. The van der Waals surface area contributed by atoms with Crippen LogP contribution in [0.1, 0.15) is 49.7 Å². The zero-order valence-corrected chi connectivity index (χ0v) is 22.5. The Balaban J connectivity index is 1.73. The standard InChI is InChI=1S/C29H32F2N4O4/c1-6-27(36)33-9-10-39-22(15-33)14-26(35-8-7-18(2)11-19(35)3)20(4)28-23(30)12-21(13-24(28)31)34-16-25(32-17-34)29(37)38-5/h7-8,11-13,16-17,22H,3,6,9-10,14-15H2,1-2,4-5H3/b26-20+. The maximum absolute atomic E-state index is 15.6. The molecular formula is C29H32F2N4O4. The first-order valence-electron chi connectivity index (χ1n) is 12.7. The summed E-state index contributed by atoms with van der Waals surface area (Å²) in [6.45, 7) is 10.8. The largest absolute Gasteiger partial charge is 0.464 e. The Morgan fingerprint density at radius 2 is 1.97 bits per heavy atom. The molecule has 1 amide bonds. The number of halogens is 2. The topological polar surface area (TPSA) is 76.9 Å². The maximum atomic E-state index is 15.6. The second kappa shape index (κ2) is 11.8. The summed E-state index contributed by atoms with van der Waals surface area (Å²) in [5.41, 5.74) is 2.61. The van der Waals surface area contributed by atoms with Crippen LogP contribution < -0.4 is 0 Å². The molecule has 1 fully saturated rings. The third kappa shape index (κ3) is 6.01. The number of esters is 1.